The molecule has 4 aromatic rings. The summed E-state index contributed by atoms with van der Waals surface area (Å²) in [5.74, 6) is 0.834. The molecule has 3 aromatic heterocycles. The molecule has 0 spiro atoms. The van der Waals surface area contributed by atoms with Gasteiger partial charge in [0.2, 0.25) is 0 Å². The highest BCUT2D eigenvalue weighted by Gasteiger charge is 2.42. The average molecular weight is 474 g/mol. The van der Waals surface area contributed by atoms with Crippen molar-refractivity contribution in [1.82, 2.24) is 29.9 Å². The average Bonchev–Trinajstić information content (AvgIpc) is 3.52. The molecular weight excluding hydrogens is 446 g/mol. The Morgan fingerprint density at radius 1 is 1.03 bits per heavy atom. The lowest BCUT2D eigenvalue weighted by Gasteiger charge is -2.28. The molecule has 0 unspecified atom stereocenters. The van der Waals surface area contributed by atoms with E-state index in [-0.39, 0.29) is 18.2 Å². The highest BCUT2D eigenvalue weighted by molar-refractivity contribution is 7.80. The van der Waals surface area contributed by atoms with Crippen LogP contribution in [0.5, 0.6) is 5.75 Å². The summed E-state index contributed by atoms with van der Waals surface area (Å²) in [6.07, 6.45) is 5.33. The van der Waals surface area contributed by atoms with Crippen LogP contribution in [-0.2, 0) is 0 Å². The Morgan fingerprint density at radius 2 is 1.76 bits per heavy atom. The number of rotatable bonds is 6. The van der Waals surface area contributed by atoms with Crippen LogP contribution in [0.4, 0.5) is 5.69 Å². The van der Waals surface area contributed by atoms with Crippen LogP contribution < -0.4 is 15.0 Å². The largest absolute Gasteiger partial charge is 0.491 e. The number of aryl methyl sites for hydroxylation is 1. The number of thiocarbonyl (C=S) groups is 1. The molecule has 1 saturated heterocycles. The maximum atomic E-state index is 5.87. The van der Waals surface area contributed by atoms with Gasteiger partial charge in [-0.1, -0.05) is 6.07 Å². The summed E-state index contributed by atoms with van der Waals surface area (Å²) in [6.45, 7) is 8.23. The van der Waals surface area contributed by atoms with Crippen molar-refractivity contribution in [3.63, 3.8) is 0 Å². The SMILES string of the molecule is Cc1cc([C@H]2[C@H](c3ccccn3)NC(=S)N2c2ccc(OC(C)C)cc2)c(C)n1-n1cnnc1. The van der Waals surface area contributed by atoms with E-state index in [1.807, 2.05) is 55.1 Å². The van der Waals surface area contributed by atoms with Gasteiger partial charge in [0.25, 0.3) is 0 Å². The molecule has 5 rings (SSSR count). The van der Waals surface area contributed by atoms with Crippen molar-refractivity contribution < 1.29 is 4.74 Å². The van der Waals surface area contributed by atoms with Gasteiger partial charge in [0.05, 0.1) is 23.9 Å². The minimum absolute atomic E-state index is 0.101. The van der Waals surface area contributed by atoms with Crippen molar-refractivity contribution in [2.45, 2.75) is 45.9 Å². The Bertz CT molecular complexity index is 1280. The first-order valence-corrected chi connectivity index (χ1v) is 11.7. The molecule has 1 aliphatic rings. The van der Waals surface area contributed by atoms with E-state index in [0.29, 0.717) is 5.11 Å². The fourth-order valence-corrected chi connectivity index (χ4v) is 4.98. The highest BCUT2D eigenvalue weighted by Crippen LogP contribution is 2.43. The van der Waals surface area contributed by atoms with Crippen molar-refractivity contribution in [3.8, 4) is 5.75 Å². The summed E-state index contributed by atoms with van der Waals surface area (Å²) in [7, 11) is 0. The molecule has 4 heterocycles. The predicted molar refractivity (Wildman–Crippen MR) is 135 cm³/mol. The summed E-state index contributed by atoms with van der Waals surface area (Å²) >= 11 is 5.87. The Hall–Kier alpha value is -3.72. The van der Waals surface area contributed by atoms with Gasteiger partial charge in [-0.3, -0.25) is 9.66 Å². The fourth-order valence-electron chi connectivity index (χ4n) is 4.64. The number of nitrogens with zero attached hydrogens (tertiary/aromatic N) is 6. The molecule has 1 fully saturated rings. The summed E-state index contributed by atoms with van der Waals surface area (Å²) in [6, 6.07) is 16.0. The van der Waals surface area contributed by atoms with E-state index in [1.165, 1.54) is 0 Å². The van der Waals surface area contributed by atoms with Crippen LogP contribution in [0.1, 0.15) is 48.6 Å². The molecule has 0 saturated carbocycles. The first-order valence-electron chi connectivity index (χ1n) is 11.3. The second-order valence-corrected chi connectivity index (χ2v) is 9.02. The van der Waals surface area contributed by atoms with Gasteiger partial charge in [-0.15, -0.1) is 10.2 Å². The van der Waals surface area contributed by atoms with E-state index in [1.54, 1.807) is 12.7 Å². The number of pyridine rings is 1. The molecular formula is C25H27N7OS. The van der Waals surface area contributed by atoms with Crippen LogP contribution in [0.15, 0.2) is 67.4 Å². The molecule has 0 aliphatic carbocycles. The normalized spacial score (nSPS) is 17.9. The third kappa shape index (κ3) is 3.92. The topological polar surface area (TPSA) is 73.0 Å². The summed E-state index contributed by atoms with van der Waals surface area (Å²) in [4.78, 5) is 6.83. The fraction of sp³-hybridized carbons (Fsp3) is 0.280. The van der Waals surface area contributed by atoms with E-state index in [2.05, 4.69) is 62.1 Å². The van der Waals surface area contributed by atoms with Crippen LogP contribution >= 0.6 is 12.2 Å². The van der Waals surface area contributed by atoms with Crippen molar-refractivity contribution in [2.24, 2.45) is 0 Å². The number of nitrogens with one attached hydrogen (secondary N) is 1. The number of benzene rings is 1. The van der Waals surface area contributed by atoms with Gasteiger partial charge in [-0.05, 0) is 82.4 Å². The van der Waals surface area contributed by atoms with Gasteiger partial charge in [-0.25, -0.2) is 4.68 Å². The van der Waals surface area contributed by atoms with E-state index >= 15 is 0 Å². The minimum Gasteiger partial charge on any atom is -0.491 e. The molecule has 2 atom stereocenters. The quantitative estimate of drug-likeness (QED) is 0.417. The van der Waals surface area contributed by atoms with Crippen LogP contribution in [0.25, 0.3) is 0 Å². The number of ether oxygens (including phenoxy) is 1. The van der Waals surface area contributed by atoms with Gasteiger partial charge in [-0.2, -0.15) is 0 Å². The van der Waals surface area contributed by atoms with Gasteiger partial charge >= 0.3 is 0 Å². The molecule has 9 heteroatoms. The van der Waals surface area contributed by atoms with E-state index < -0.39 is 0 Å². The smallest absolute Gasteiger partial charge is 0.174 e. The zero-order valence-corrected chi connectivity index (χ0v) is 20.4. The van der Waals surface area contributed by atoms with E-state index in [0.717, 1.165) is 34.1 Å². The van der Waals surface area contributed by atoms with Crippen LogP contribution in [0.3, 0.4) is 0 Å². The summed E-state index contributed by atoms with van der Waals surface area (Å²) in [5.41, 5.74) is 5.24. The van der Waals surface area contributed by atoms with Gasteiger partial charge < -0.3 is 15.0 Å². The first kappa shape index (κ1) is 22.1. The molecule has 1 aromatic carbocycles. The number of hydrogen-bond donors (Lipinski definition) is 1. The molecule has 1 aliphatic heterocycles. The third-order valence-electron chi connectivity index (χ3n) is 5.97. The lowest BCUT2D eigenvalue weighted by Crippen LogP contribution is -2.29. The van der Waals surface area contributed by atoms with Crippen LogP contribution in [-0.4, -0.2) is 35.7 Å². The minimum atomic E-state index is -0.116. The second kappa shape index (κ2) is 8.90. The first-order chi connectivity index (χ1) is 16.4. The van der Waals surface area contributed by atoms with E-state index in [9.17, 15) is 0 Å². The monoisotopic (exact) mass is 473 g/mol. The molecule has 34 heavy (non-hydrogen) atoms. The van der Waals surface area contributed by atoms with Gasteiger partial charge in [0.1, 0.15) is 18.4 Å². The van der Waals surface area contributed by atoms with Gasteiger partial charge in [0, 0.05) is 28.8 Å². The summed E-state index contributed by atoms with van der Waals surface area (Å²) in [5, 5.41) is 12.1. The molecule has 1 N–H and O–H groups in total. The number of aromatic nitrogens is 5. The maximum absolute atomic E-state index is 5.87. The van der Waals surface area contributed by atoms with Crippen molar-refractivity contribution in [3.05, 3.63) is 90.0 Å². The Morgan fingerprint density at radius 3 is 2.41 bits per heavy atom. The second-order valence-electron chi connectivity index (χ2n) is 8.64. The van der Waals surface area contributed by atoms with Crippen molar-refractivity contribution in [1.29, 1.82) is 0 Å². The highest BCUT2D eigenvalue weighted by atomic mass is 32.1. The molecule has 0 bridgehead atoms. The molecule has 8 nitrogen and oxygen atoms in total. The zero-order chi connectivity index (χ0) is 23.8. The van der Waals surface area contributed by atoms with Gasteiger partial charge in [0.15, 0.2) is 5.11 Å². The third-order valence-corrected chi connectivity index (χ3v) is 6.29. The van der Waals surface area contributed by atoms with Crippen LogP contribution in [0.2, 0.25) is 0 Å². The molecule has 0 radical (unpaired) electrons. The Labute approximate surface area is 204 Å². The standard InChI is InChI=1S/C25H27N7OS/c1-16(2)33-20-10-8-19(9-11-20)31-24(23(29-25(31)34)22-7-5-6-12-26-22)21-13-17(3)32(18(21)4)30-14-27-28-15-30/h5-16,23-24H,1-4H3,(H,29,34)/t23-,24-/m0/s1. The molecule has 0 amide bonds. The van der Waals surface area contributed by atoms with E-state index in [4.69, 9.17) is 17.0 Å². The Kier molecular flexibility index (Phi) is 5.79. The zero-order valence-electron chi connectivity index (χ0n) is 19.6. The predicted octanol–water partition coefficient (Wildman–Crippen LogP) is 4.37. The van der Waals surface area contributed by atoms with Crippen molar-refractivity contribution >= 4 is 23.0 Å². The lowest BCUT2D eigenvalue weighted by molar-refractivity contribution is 0.242. The van der Waals surface area contributed by atoms with Crippen LogP contribution in [0, 0.1) is 13.8 Å². The Balaban J connectivity index is 1.62. The van der Waals surface area contributed by atoms with Crippen molar-refractivity contribution in [2.75, 3.05) is 4.90 Å². The summed E-state index contributed by atoms with van der Waals surface area (Å²) < 4.78 is 9.83. The number of hydrogen-bond acceptors (Lipinski definition) is 5. The molecule has 174 valence electrons. The number of anilines is 1. The maximum Gasteiger partial charge on any atom is 0.174 e. The lowest BCUT2D eigenvalue weighted by atomic mass is 9.96.